The van der Waals surface area contributed by atoms with Gasteiger partial charge in [-0.05, 0) is 73.0 Å². The van der Waals surface area contributed by atoms with Crippen LogP contribution in [0.3, 0.4) is 0 Å². The minimum atomic E-state index is -0.259. The van der Waals surface area contributed by atoms with Crippen LogP contribution >= 0.6 is 11.6 Å². The average Bonchev–Trinajstić information content (AvgIpc) is 2.89. The number of benzene rings is 3. The number of carbonyl (C=O) groups excluding carboxylic acids is 2. The minimum Gasteiger partial charge on any atom is -0.348 e. The number of amides is 2. The predicted molar refractivity (Wildman–Crippen MR) is 140 cm³/mol. The van der Waals surface area contributed by atoms with Crippen molar-refractivity contribution in [1.29, 1.82) is 0 Å². The van der Waals surface area contributed by atoms with Crippen molar-refractivity contribution in [2.45, 2.75) is 38.9 Å². The largest absolute Gasteiger partial charge is 0.348 e. The maximum Gasteiger partial charge on any atom is 0.255 e. The van der Waals surface area contributed by atoms with Gasteiger partial charge in [0.15, 0.2) is 0 Å². The number of likely N-dealkylation sites (tertiary alicyclic amines) is 1. The molecule has 182 valence electrons. The number of nitrogens with one attached hydrogen (secondary N) is 2. The van der Waals surface area contributed by atoms with E-state index in [-0.39, 0.29) is 11.8 Å². The van der Waals surface area contributed by atoms with Gasteiger partial charge >= 0.3 is 0 Å². The molecule has 0 saturated carbocycles. The zero-order valence-corrected chi connectivity index (χ0v) is 20.5. The Morgan fingerprint density at radius 3 is 2.29 bits per heavy atom. The Kier molecular flexibility index (Phi) is 8.53. The molecule has 0 bridgehead atoms. The number of nitrogens with zero attached hydrogens (tertiary/aromatic N) is 1. The van der Waals surface area contributed by atoms with Crippen LogP contribution in [0.4, 0.5) is 5.69 Å². The van der Waals surface area contributed by atoms with Crippen molar-refractivity contribution in [3.63, 3.8) is 0 Å². The summed E-state index contributed by atoms with van der Waals surface area (Å²) in [6.45, 7) is 3.68. The molecule has 4 rings (SSSR count). The van der Waals surface area contributed by atoms with E-state index in [1.807, 2.05) is 36.4 Å². The fourth-order valence-electron chi connectivity index (χ4n) is 4.23. The molecule has 0 aliphatic carbocycles. The van der Waals surface area contributed by atoms with Gasteiger partial charge in [0.25, 0.3) is 11.8 Å². The number of piperidine rings is 1. The van der Waals surface area contributed by atoms with Crippen molar-refractivity contribution >= 4 is 29.1 Å². The average molecular weight is 491 g/mol. The van der Waals surface area contributed by atoms with Crippen molar-refractivity contribution in [2.24, 2.45) is 5.73 Å². The third kappa shape index (κ3) is 6.92. The number of hydrogen-bond acceptors (Lipinski definition) is 4. The summed E-state index contributed by atoms with van der Waals surface area (Å²) >= 11 is 6.08. The summed E-state index contributed by atoms with van der Waals surface area (Å²) in [6.07, 6.45) is 3.61. The molecule has 0 radical (unpaired) electrons. The van der Waals surface area contributed by atoms with Gasteiger partial charge in [-0.3, -0.25) is 14.5 Å². The topological polar surface area (TPSA) is 87.5 Å². The smallest absolute Gasteiger partial charge is 0.255 e. The highest BCUT2D eigenvalue weighted by Crippen LogP contribution is 2.23. The van der Waals surface area contributed by atoms with Crippen LogP contribution in [-0.4, -0.2) is 29.8 Å². The molecule has 1 aliphatic heterocycles. The maximum absolute atomic E-state index is 13.0. The Balaban J connectivity index is 1.52. The number of hydrogen-bond donors (Lipinski definition) is 3. The Morgan fingerprint density at radius 1 is 0.857 bits per heavy atom. The van der Waals surface area contributed by atoms with Crippen LogP contribution in [-0.2, 0) is 19.6 Å². The molecule has 1 aliphatic rings. The van der Waals surface area contributed by atoms with Crippen molar-refractivity contribution in [3.8, 4) is 0 Å². The Bertz CT molecular complexity index is 1170. The summed E-state index contributed by atoms with van der Waals surface area (Å²) in [7, 11) is 0. The molecule has 1 fully saturated rings. The first-order valence-electron chi connectivity index (χ1n) is 12.0. The second-order valence-corrected chi connectivity index (χ2v) is 9.31. The summed E-state index contributed by atoms with van der Waals surface area (Å²) in [5.74, 6) is -0.458. The Labute approximate surface area is 211 Å². The van der Waals surface area contributed by atoms with E-state index in [0.717, 1.165) is 36.3 Å². The molecule has 3 aromatic rings. The van der Waals surface area contributed by atoms with Crippen molar-refractivity contribution in [3.05, 3.63) is 99.6 Å². The van der Waals surface area contributed by atoms with Crippen LogP contribution in [0, 0.1) is 0 Å². The molecule has 35 heavy (non-hydrogen) atoms. The van der Waals surface area contributed by atoms with E-state index in [1.54, 1.807) is 30.3 Å². The van der Waals surface area contributed by atoms with Gasteiger partial charge < -0.3 is 16.4 Å². The molecule has 2 amide bonds. The van der Waals surface area contributed by atoms with Crippen LogP contribution in [0.25, 0.3) is 0 Å². The lowest BCUT2D eigenvalue weighted by Gasteiger charge is -2.27. The van der Waals surface area contributed by atoms with Crippen LogP contribution < -0.4 is 16.4 Å². The summed E-state index contributed by atoms with van der Waals surface area (Å²) in [5.41, 5.74) is 10.3. The monoisotopic (exact) mass is 490 g/mol. The summed E-state index contributed by atoms with van der Waals surface area (Å²) < 4.78 is 0. The number of anilines is 1. The van der Waals surface area contributed by atoms with E-state index < -0.39 is 0 Å². The van der Waals surface area contributed by atoms with Crippen LogP contribution in [0.5, 0.6) is 0 Å². The fraction of sp³-hybridized carbons (Fsp3) is 0.286. The van der Waals surface area contributed by atoms with Gasteiger partial charge in [-0.2, -0.15) is 0 Å². The number of halogens is 1. The third-order valence-corrected chi connectivity index (χ3v) is 6.50. The normalized spacial score (nSPS) is 13.9. The van der Waals surface area contributed by atoms with Crippen LogP contribution in [0.2, 0.25) is 5.02 Å². The lowest BCUT2D eigenvalue weighted by atomic mass is 10.0. The first kappa shape index (κ1) is 24.9. The molecule has 6 nitrogen and oxygen atoms in total. The molecule has 0 aromatic heterocycles. The van der Waals surface area contributed by atoms with E-state index in [2.05, 4.69) is 15.5 Å². The van der Waals surface area contributed by atoms with Crippen LogP contribution in [0.1, 0.15) is 56.7 Å². The van der Waals surface area contributed by atoms with E-state index in [9.17, 15) is 9.59 Å². The standard InChI is InChI=1S/C28H31ClN4O2/c29-25-6-4-5-22(15-25)28(35)32-26-16-23(11-12-24(26)19-33-13-2-1-3-14-33)27(34)31-18-21-9-7-20(17-30)8-10-21/h4-12,15-16H,1-3,13-14,17-19,30H2,(H,31,34)(H,32,35). The van der Waals surface area contributed by atoms with E-state index in [1.165, 1.54) is 19.3 Å². The lowest BCUT2D eigenvalue weighted by molar-refractivity contribution is 0.0949. The lowest BCUT2D eigenvalue weighted by Crippen LogP contribution is -2.30. The summed E-state index contributed by atoms with van der Waals surface area (Å²) in [4.78, 5) is 28.3. The van der Waals surface area contributed by atoms with Crippen molar-refractivity contribution in [2.75, 3.05) is 18.4 Å². The maximum atomic E-state index is 13.0. The molecule has 4 N–H and O–H groups in total. The first-order chi connectivity index (χ1) is 17.0. The molecule has 1 heterocycles. The molecular formula is C28H31ClN4O2. The predicted octanol–water partition coefficient (Wildman–Crippen LogP) is 4.97. The quantitative estimate of drug-likeness (QED) is 0.416. The molecular weight excluding hydrogens is 460 g/mol. The number of rotatable bonds is 8. The van der Waals surface area contributed by atoms with E-state index >= 15 is 0 Å². The van der Waals surface area contributed by atoms with Gasteiger partial charge in [-0.1, -0.05) is 54.4 Å². The van der Waals surface area contributed by atoms with E-state index in [0.29, 0.717) is 34.9 Å². The second-order valence-electron chi connectivity index (χ2n) is 8.88. The number of nitrogens with two attached hydrogens (primary N) is 1. The number of carbonyl (C=O) groups is 2. The molecule has 0 unspecified atom stereocenters. The molecule has 3 aromatic carbocycles. The van der Waals surface area contributed by atoms with Crippen LogP contribution in [0.15, 0.2) is 66.7 Å². The van der Waals surface area contributed by atoms with Gasteiger partial charge in [0, 0.05) is 41.5 Å². The van der Waals surface area contributed by atoms with Gasteiger partial charge in [0.1, 0.15) is 0 Å². The summed E-state index contributed by atoms with van der Waals surface area (Å²) in [5, 5.41) is 6.47. The van der Waals surface area contributed by atoms with Crippen molar-refractivity contribution < 1.29 is 9.59 Å². The Morgan fingerprint density at radius 2 is 1.57 bits per heavy atom. The zero-order chi connectivity index (χ0) is 24.6. The molecule has 0 spiro atoms. The van der Waals surface area contributed by atoms with Crippen molar-refractivity contribution in [1.82, 2.24) is 10.2 Å². The molecule has 1 saturated heterocycles. The highest BCUT2D eigenvalue weighted by atomic mass is 35.5. The summed E-state index contributed by atoms with van der Waals surface area (Å²) in [6, 6.07) is 20.2. The third-order valence-electron chi connectivity index (χ3n) is 6.26. The minimum absolute atomic E-state index is 0.198. The zero-order valence-electron chi connectivity index (χ0n) is 19.7. The molecule has 0 atom stereocenters. The SMILES string of the molecule is NCc1ccc(CNC(=O)c2ccc(CN3CCCCC3)c(NC(=O)c3cccc(Cl)c3)c2)cc1. The fourth-order valence-corrected chi connectivity index (χ4v) is 4.42. The highest BCUT2D eigenvalue weighted by molar-refractivity contribution is 6.31. The Hall–Kier alpha value is -3.19. The second kappa shape index (κ2) is 12.0. The molecule has 7 heteroatoms. The first-order valence-corrected chi connectivity index (χ1v) is 12.4. The van der Waals surface area contributed by atoms with E-state index in [4.69, 9.17) is 17.3 Å². The van der Waals surface area contributed by atoms with Gasteiger partial charge in [-0.15, -0.1) is 0 Å². The van der Waals surface area contributed by atoms with Gasteiger partial charge in [-0.25, -0.2) is 0 Å². The van der Waals surface area contributed by atoms with Gasteiger partial charge in [0.05, 0.1) is 0 Å². The highest BCUT2D eigenvalue weighted by Gasteiger charge is 2.17. The van der Waals surface area contributed by atoms with Gasteiger partial charge in [0.2, 0.25) is 0 Å².